The highest BCUT2D eigenvalue weighted by Gasteiger charge is 2.40. The predicted octanol–water partition coefficient (Wildman–Crippen LogP) is 5.69. The van der Waals surface area contributed by atoms with Gasteiger partial charge < -0.3 is 9.88 Å². The summed E-state index contributed by atoms with van der Waals surface area (Å²) < 4.78 is 0.984. The number of nitriles is 1. The Morgan fingerprint density at radius 3 is 2.57 bits per heavy atom. The van der Waals surface area contributed by atoms with Crippen LogP contribution in [0.25, 0.3) is 10.9 Å². The number of carbonyl (C=O) groups excluding carboxylic acids is 1. The molecule has 0 amide bonds. The van der Waals surface area contributed by atoms with E-state index < -0.39 is 0 Å². The molecule has 0 atom stereocenters. The molecule has 2 aliphatic heterocycles. The molecule has 2 aromatic carbocycles. The van der Waals surface area contributed by atoms with Gasteiger partial charge in [0.15, 0.2) is 5.78 Å². The number of aromatic amines is 1. The van der Waals surface area contributed by atoms with Crippen LogP contribution >= 0.6 is 27.7 Å². The van der Waals surface area contributed by atoms with Gasteiger partial charge in [-0.15, -0.1) is 0 Å². The number of hydrogen-bond donors (Lipinski definition) is 1. The van der Waals surface area contributed by atoms with Crippen LogP contribution in [0, 0.1) is 11.3 Å². The second kappa shape index (κ2) is 8.69. The van der Waals surface area contributed by atoms with Gasteiger partial charge in [-0.3, -0.25) is 9.69 Å². The van der Waals surface area contributed by atoms with E-state index in [1.807, 2.05) is 18.2 Å². The highest BCUT2D eigenvalue weighted by Crippen LogP contribution is 2.46. The van der Waals surface area contributed by atoms with Crippen LogP contribution in [0.4, 0.5) is 5.69 Å². The maximum absolute atomic E-state index is 13.8. The summed E-state index contributed by atoms with van der Waals surface area (Å²) in [6.45, 7) is 8.57. The van der Waals surface area contributed by atoms with Gasteiger partial charge in [0, 0.05) is 64.3 Å². The van der Waals surface area contributed by atoms with Crippen molar-refractivity contribution in [1.82, 2.24) is 9.88 Å². The molecule has 3 aliphatic rings. The fraction of sp³-hybridized carbons (Fsp3) is 0.429. The molecule has 0 saturated carbocycles. The first kappa shape index (κ1) is 23.1. The maximum atomic E-state index is 13.8. The fourth-order valence-electron chi connectivity index (χ4n) is 6.13. The lowest BCUT2D eigenvalue weighted by atomic mass is 9.71. The number of aromatic nitrogens is 1. The normalized spacial score (nSPS) is 20.5. The number of ketones is 1. The lowest BCUT2D eigenvalue weighted by Gasteiger charge is -2.42. The van der Waals surface area contributed by atoms with E-state index in [0.717, 1.165) is 70.0 Å². The highest BCUT2D eigenvalue weighted by molar-refractivity contribution is 9.10. The molecule has 0 bridgehead atoms. The molecule has 2 saturated heterocycles. The van der Waals surface area contributed by atoms with Gasteiger partial charge in [0.05, 0.1) is 22.9 Å². The van der Waals surface area contributed by atoms with Gasteiger partial charge in [-0.05, 0) is 70.1 Å². The summed E-state index contributed by atoms with van der Waals surface area (Å²) in [5.74, 6) is 2.63. The van der Waals surface area contributed by atoms with Gasteiger partial charge in [-0.2, -0.15) is 17.0 Å². The van der Waals surface area contributed by atoms with Crippen molar-refractivity contribution < 1.29 is 4.79 Å². The van der Waals surface area contributed by atoms with Gasteiger partial charge in [0.1, 0.15) is 0 Å². The van der Waals surface area contributed by atoms with E-state index in [2.05, 4.69) is 68.5 Å². The van der Waals surface area contributed by atoms with Crippen molar-refractivity contribution in [2.75, 3.05) is 42.6 Å². The number of hydrogen-bond acceptors (Lipinski definition) is 5. The smallest absolute Gasteiger partial charge is 0.195 e. The minimum absolute atomic E-state index is 0.0533. The third-order valence-corrected chi connectivity index (χ3v) is 9.83. The summed E-state index contributed by atoms with van der Waals surface area (Å²) in [5, 5.41) is 10.2. The number of fused-ring (bicyclic) bond motifs is 4. The van der Waals surface area contributed by atoms with Crippen molar-refractivity contribution in [1.29, 1.82) is 5.26 Å². The summed E-state index contributed by atoms with van der Waals surface area (Å²) in [6.07, 6.45) is 2.62. The molecule has 3 heterocycles. The third-order valence-electron chi connectivity index (χ3n) is 8.15. The number of thioether (sulfide) groups is 1. The van der Waals surface area contributed by atoms with E-state index in [1.54, 1.807) is 6.07 Å². The number of nitrogens with zero attached hydrogens (tertiary/aromatic N) is 3. The summed E-state index contributed by atoms with van der Waals surface area (Å²) in [7, 11) is 0. The SMILES string of the molecule is CC1(C)c2cc(N3CCN(C4CCSCC4)CC3)c(Br)cc2C(=O)c2c1[nH]c1cc(C#N)ccc21. The van der Waals surface area contributed by atoms with E-state index >= 15 is 0 Å². The minimum Gasteiger partial charge on any atom is -0.368 e. The van der Waals surface area contributed by atoms with Crippen LogP contribution in [0.2, 0.25) is 0 Å². The first-order chi connectivity index (χ1) is 16.9. The molecular weight excluding hydrogens is 520 g/mol. The average molecular weight is 550 g/mol. The van der Waals surface area contributed by atoms with Crippen LogP contribution in [0.5, 0.6) is 0 Å². The molecule has 35 heavy (non-hydrogen) atoms. The van der Waals surface area contributed by atoms with Crippen molar-refractivity contribution in [3.8, 4) is 6.07 Å². The first-order valence-corrected chi connectivity index (χ1v) is 14.3. The predicted molar refractivity (Wildman–Crippen MR) is 147 cm³/mol. The van der Waals surface area contributed by atoms with Gasteiger partial charge in [-0.1, -0.05) is 19.9 Å². The van der Waals surface area contributed by atoms with Crippen molar-refractivity contribution in [2.45, 2.75) is 38.1 Å². The molecule has 7 heteroatoms. The molecule has 0 radical (unpaired) electrons. The van der Waals surface area contributed by atoms with Crippen molar-refractivity contribution in [3.05, 3.63) is 62.8 Å². The van der Waals surface area contributed by atoms with Crippen molar-refractivity contribution >= 4 is 50.1 Å². The zero-order valence-corrected chi connectivity index (χ0v) is 22.6. The van der Waals surface area contributed by atoms with E-state index in [-0.39, 0.29) is 11.2 Å². The number of rotatable bonds is 2. The van der Waals surface area contributed by atoms with E-state index in [4.69, 9.17) is 0 Å². The van der Waals surface area contributed by atoms with Gasteiger partial charge in [-0.25, -0.2) is 0 Å². The number of piperazine rings is 1. The first-order valence-electron chi connectivity index (χ1n) is 12.4. The Balaban J connectivity index is 1.35. The lowest BCUT2D eigenvalue weighted by Crippen LogP contribution is -2.51. The molecule has 0 spiro atoms. The molecule has 6 rings (SSSR count). The zero-order chi connectivity index (χ0) is 24.3. The summed E-state index contributed by atoms with van der Waals surface area (Å²) in [6, 6.07) is 12.7. The summed E-state index contributed by atoms with van der Waals surface area (Å²) >= 11 is 5.90. The van der Waals surface area contributed by atoms with Crippen molar-refractivity contribution in [3.63, 3.8) is 0 Å². The second-order valence-electron chi connectivity index (χ2n) is 10.4. The average Bonchev–Trinajstić information content (AvgIpc) is 3.28. The van der Waals surface area contributed by atoms with Gasteiger partial charge >= 0.3 is 0 Å². The fourth-order valence-corrected chi connectivity index (χ4v) is 7.80. The van der Waals surface area contributed by atoms with Crippen LogP contribution in [-0.2, 0) is 5.41 Å². The zero-order valence-electron chi connectivity index (χ0n) is 20.2. The Morgan fingerprint density at radius 1 is 1.11 bits per heavy atom. The number of anilines is 1. The quantitative estimate of drug-likeness (QED) is 0.445. The number of H-pyrrole nitrogens is 1. The van der Waals surface area contributed by atoms with Crippen molar-refractivity contribution in [2.24, 2.45) is 0 Å². The molecule has 3 aromatic rings. The third kappa shape index (κ3) is 3.73. The Hall–Kier alpha value is -2.27. The van der Waals surface area contributed by atoms with Crippen LogP contribution in [0.3, 0.4) is 0 Å². The topological polar surface area (TPSA) is 63.1 Å². The van der Waals surface area contributed by atoms with E-state index in [0.29, 0.717) is 5.56 Å². The Kier molecular flexibility index (Phi) is 5.75. The maximum Gasteiger partial charge on any atom is 0.195 e. The van der Waals surface area contributed by atoms with Gasteiger partial charge in [0.25, 0.3) is 0 Å². The van der Waals surface area contributed by atoms with Crippen LogP contribution in [-0.4, -0.2) is 59.4 Å². The Morgan fingerprint density at radius 2 is 1.86 bits per heavy atom. The second-order valence-corrected chi connectivity index (χ2v) is 12.5. The number of nitrogens with one attached hydrogen (secondary N) is 1. The summed E-state index contributed by atoms with van der Waals surface area (Å²) in [4.78, 5) is 22.4. The summed E-state index contributed by atoms with van der Waals surface area (Å²) in [5.41, 5.74) is 5.76. The monoisotopic (exact) mass is 548 g/mol. The Labute approximate surface area is 219 Å². The minimum atomic E-state index is -0.360. The number of halogens is 1. The molecular formula is C28H29BrN4OS. The number of benzene rings is 2. The molecule has 5 nitrogen and oxygen atoms in total. The molecule has 1 aromatic heterocycles. The van der Waals surface area contributed by atoms with Gasteiger partial charge in [0.2, 0.25) is 0 Å². The molecule has 1 aliphatic carbocycles. The van der Waals surface area contributed by atoms with E-state index in [9.17, 15) is 10.1 Å². The molecule has 2 fully saturated rings. The largest absolute Gasteiger partial charge is 0.368 e. The molecule has 180 valence electrons. The van der Waals surface area contributed by atoms with Crippen LogP contribution in [0.1, 0.15) is 59.4 Å². The lowest BCUT2D eigenvalue weighted by molar-refractivity contribution is 0.103. The van der Waals surface area contributed by atoms with Crippen LogP contribution in [0.15, 0.2) is 34.8 Å². The van der Waals surface area contributed by atoms with E-state index in [1.165, 1.54) is 30.0 Å². The number of carbonyl (C=O) groups is 1. The molecule has 0 unspecified atom stereocenters. The Bertz CT molecular complexity index is 1370. The van der Waals surface area contributed by atoms with Crippen LogP contribution < -0.4 is 4.90 Å². The highest BCUT2D eigenvalue weighted by atomic mass is 79.9. The molecule has 1 N–H and O–H groups in total. The standard InChI is InChI=1S/C28H29BrN4OS/c1-28(2)21-15-24(33-9-7-32(8-10-33)18-5-11-35-12-6-18)22(29)14-20(21)26(34)25-19-4-3-17(16-30)13-23(19)31-27(25)28/h3-4,13-15,18,31H,5-12H2,1-2H3.